The number of aliphatic carboxylic acids is 12. The van der Waals surface area contributed by atoms with E-state index < -0.39 is 109 Å². The SMILES string of the molecule is NC[C@H]1CCCC[C@H]1N.NC[C@H]1CCCC[C@H]1N.N[C@@H]1CCCC[C@H]1N.O=C([O-])C(CCOCCOCCOCCOCCC(C(=O)[O-])C(=O)[O-])C(=O)[O-].O=C([O-])CC(=O)[O-].O=C([O-])CC(=O)[O-].O=C([O-])CC(=O)[O-].O=C([O-])CC(=O)[O-].[CH2-]CC1COCCOCCOO1.[CH2-]CC1COCCOCCOO1.[CH2-]CC1COCCOCCOO1.[CH2-]CC1COCCOCCOO1.[Pt+2].[Pt+2].[Pt+2].[Pt+2].[Pt+2].[Pt+2]. The number of nitrogens with two attached hydrogens (primary N) is 6. The Morgan fingerprint density at radius 2 is 0.441 bits per heavy atom. The summed E-state index contributed by atoms with van der Waals surface area (Å²) in [7, 11) is 0. The third-order valence-corrected chi connectivity index (χ3v) is 17.0. The molecule has 7 fully saturated rings. The van der Waals surface area contributed by atoms with Crippen LogP contribution < -0.4 is 95.7 Å². The Labute approximate surface area is 879 Å². The number of hydrogen-bond acceptors (Lipinski definition) is 50. The third kappa shape index (κ3) is 114. The van der Waals surface area contributed by atoms with Crippen LogP contribution in [-0.4, -0.2) is 318 Å². The molecule has 7 aliphatic rings. The van der Waals surface area contributed by atoms with E-state index in [1.807, 2.05) is 0 Å². The summed E-state index contributed by atoms with van der Waals surface area (Å²) < 4.78 is 61.9. The second-order valence-electron chi connectivity index (χ2n) is 27.7. The molecular weight excluding hydrogens is 2920 g/mol. The molecule has 56 heteroatoms. The predicted octanol–water partition coefficient (Wildman–Crippen LogP) is -15.0. The largest absolute Gasteiger partial charge is 2.00 e. The second-order valence-corrected chi connectivity index (χ2v) is 27.7. The molecule has 3 aliphatic carbocycles. The van der Waals surface area contributed by atoms with Crippen LogP contribution in [0.25, 0.3) is 0 Å². The molecule has 3 saturated carbocycles. The maximum Gasteiger partial charge on any atom is 2.00 e. The van der Waals surface area contributed by atoms with E-state index in [4.69, 9.17) is 130 Å². The normalized spacial score (nSPS) is 21.1. The quantitative estimate of drug-likeness (QED) is 0.0154. The molecule has 0 radical (unpaired) electrons. The van der Waals surface area contributed by atoms with Crippen molar-refractivity contribution in [3.05, 3.63) is 27.7 Å². The molecule has 0 amide bonds. The van der Waals surface area contributed by atoms with Gasteiger partial charge in [-0.15, -0.1) is 25.7 Å². The summed E-state index contributed by atoms with van der Waals surface area (Å²) in [5.41, 5.74) is 34.0. The Balaban J connectivity index is -0.000000143. The van der Waals surface area contributed by atoms with Gasteiger partial charge in [0.25, 0.3) is 0 Å². The molecule has 4 unspecified atom stereocenters. The van der Waals surface area contributed by atoms with E-state index >= 15 is 0 Å². The molecule has 814 valence electrons. The second kappa shape index (κ2) is 114. The summed E-state index contributed by atoms with van der Waals surface area (Å²) in [4.78, 5) is 156. The molecule has 136 heavy (non-hydrogen) atoms. The Kier molecular flexibility index (Phi) is 130. The molecule has 0 aromatic rings. The minimum atomic E-state index is -1.72. The van der Waals surface area contributed by atoms with Crippen molar-refractivity contribution in [2.45, 2.75) is 190 Å². The first-order valence-corrected chi connectivity index (χ1v) is 42.1. The molecule has 4 saturated heterocycles. The average Bonchev–Trinajstić information content (AvgIpc) is 1.78. The van der Waals surface area contributed by atoms with E-state index in [1.165, 1.54) is 64.2 Å². The summed E-state index contributed by atoms with van der Waals surface area (Å²) in [6.45, 7) is 28.4. The van der Waals surface area contributed by atoms with Crippen LogP contribution in [0.2, 0.25) is 0 Å². The van der Waals surface area contributed by atoms with E-state index in [0.29, 0.717) is 182 Å². The molecule has 0 bridgehead atoms. The van der Waals surface area contributed by atoms with Gasteiger partial charge in [0.15, 0.2) is 0 Å². The summed E-state index contributed by atoms with van der Waals surface area (Å²) in [6.07, 6.45) is 12.7. The van der Waals surface area contributed by atoms with Crippen LogP contribution in [0.1, 0.15) is 141 Å². The first-order chi connectivity index (χ1) is 62.0. The van der Waals surface area contributed by atoms with Crippen LogP contribution in [0.3, 0.4) is 0 Å². The van der Waals surface area contributed by atoms with Gasteiger partial charge in [0.05, 0.1) is 194 Å². The fourth-order valence-electron chi connectivity index (χ4n) is 9.87. The molecule has 0 aromatic carbocycles. The molecule has 0 spiro atoms. The van der Waals surface area contributed by atoms with Crippen LogP contribution in [0.5, 0.6) is 0 Å². The Morgan fingerprint density at radius 1 is 0.265 bits per heavy atom. The van der Waals surface area contributed by atoms with Crippen molar-refractivity contribution in [3.8, 4) is 0 Å². The van der Waals surface area contributed by atoms with E-state index in [0.717, 1.165) is 25.9 Å². The van der Waals surface area contributed by atoms with E-state index in [2.05, 4.69) is 27.7 Å². The fraction of sp³-hybridized carbons (Fsp3) is 0.800. The minimum Gasteiger partial charge on any atom is -0.550 e. The molecule has 0 aromatic heterocycles. The van der Waals surface area contributed by atoms with Crippen LogP contribution >= 0.6 is 0 Å². The standard InChI is InChI=1S/C16H26O12.4C8H15O4.2C7H16N2.C6H14N2.4C3H4O4.6Pt/c17-13(18)11(14(19)20)1-3-25-5-7-27-9-10-28-8-6-26-4-2-12(15(21)22)16(23)24;4*1-2-8-7-10-4-3-9-5-6-11-12-8;2*8-5-6-3-1-2-4-7(6)9;7-5-3-1-2-4-6(5)8;4*4-2(5)1-3(6)7;;;;;;/h11-12H,1-10H2,(H,17,18)(H,19,20)(H,21,22)(H,23,24);4*8H,1-7H2;2*6-7H,1-5,8-9H2;5-6H,1-4,7-8H2;4*1H2,(H,4,5)(H,6,7);;;;;;/q;4*-1;;;;;;;;6*+2/p-12/t;;;;;2*6-,7-;5-,6-;;;;;;;;;;/m.....111........../s1. The van der Waals surface area contributed by atoms with Crippen molar-refractivity contribution in [1.82, 2.24) is 0 Å². The predicted molar refractivity (Wildman–Crippen MR) is 420 cm³/mol. The summed E-state index contributed by atoms with van der Waals surface area (Å²) in [6, 6.07) is 1.35. The number of carboxylic acid groups (broad SMARTS) is 12. The third-order valence-electron chi connectivity index (χ3n) is 17.0. The van der Waals surface area contributed by atoms with Gasteiger partial charge in [-0.2, -0.15) is 0 Å². The molecule has 4 aliphatic heterocycles. The Morgan fingerprint density at radius 3 is 0.596 bits per heavy atom. The van der Waals surface area contributed by atoms with Crippen LogP contribution in [0, 0.1) is 51.4 Å². The average molecular weight is 3060 g/mol. The summed E-state index contributed by atoms with van der Waals surface area (Å²) in [5.74, 6) is -22.1. The molecule has 4 heterocycles. The zero-order valence-electron chi connectivity index (χ0n) is 75.9. The number of ether oxygens (including phenoxy) is 12. The van der Waals surface area contributed by atoms with Gasteiger partial charge in [-0.25, -0.2) is 39.1 Å². The van der Waals surface area contributed by atoms with Crippen molar-refractivity contribution < 1.29 is 341 Å². The van der Waals surface area contributed by atoms with Gasteiger partial charge >= 0.3 is 126 Å². The van der Waals surface area contributed by atoms with E-state index in [9.17, 15) is 119 Å². The van der Waals surface area contributed by atoms with Gasteiger partial charge in [0.1, 0.15) is 26.4 Å². The zero-order valence-corrected chi connectivity index (χ0v) is 89.5. The monoisotopic (exact) mass is 3050 g/mol. The molecular formula is C80H136N6O44Pt6-4. The maximum absolute atomic E-state index is 10.5. The molecule has 7 rings (SSSR count). The van der Waals surface area contributed by atoms with Crippen molar-refractivity contribution >= 4 is 71.6 Å². The first-order valence-electron chi connectivity index (χ1n) is 42.1. The van der Waals surface area contributed by atoms with Gasteiger partial charge < -0.3 is 238 Å². The smallest absolute Gasteiger partial charge is 0.550 e. The van der Waals surface area contributed by atoms with Crippen molar-refractivity contribution in [3.63, 3.8) is 0 Å². The molecule has 50 nitrogen and oxygen atoms in total. The number of carboxylic acids is 12. The minimum absolute atomic E-state index is 0. The number of carbonyl (C=O) groups excluding carboxylic acids is 12. The summed E-state index contributed by atoms with van der Waals surface area (Å²) >= 11 is 0. The first kappa shape index (κ1) is 155. The van der Waals surface area contributed by atoms with E-state index in [-0.39, 0.29) is 229 Å². The van der Waals surface area contributed by atoms with Gasteiger partial charge in [0, 0.05) is 123 Å². The van der Waals surface area contributed by atoms with Crippen LogP contribution in [-0.2, 0) is 280 Å². The summed E-state index contributed by atoms with van der Waals surface area (Å²) in [5, 5.41) is 116. The van der Waals surface area contributed by atoms with Crippen LogP contribution in [0.4, 0.5) is 0 Å². The Hall–Kier alpha value is -3.27. The Bertz CT molecular complexity index is 2440. The van der Waals surface area contributed by atoms with Crippen molar-refractivity contribution in [2.24, 2.45) is 58.1 Å². The number of rotatable bonds is 33. The topological polar surface area (TPSA) is 822 Å². The fourth-order valence-corrected chi connectivity index (χ4v) is 9.87. The van der Waals surface area contributed by atoms with Gasteiger partial charge in [-0.1, -0.05) is 38.5 Å². The number of carbonyl (C=O) groups is 12. The van der Waals surface area contributed by atoms with Gasteiger partial charge in [-0.05, 0) is 76.3 Å². The number of hydrogen-bond donors (Lipinski definition) is 6. The van der Waals surface area contributed by atoms with Crippen molar-refractivity contribution in [1.29, 1.82) is 0 Å². The van der Waals surface area contributed by atoms with E-state index in [1.54, 1.807) is 0 Å². The van der Waals surface area contributed by atoms with Gasteiger partial charge in [-0.3, -0.25) is 0 Å². The van der Waals surface area contributed by atoms with Crippen LogP contribution in [0.15, 0.2) is 0 Å². The molecule has 12 N–H and O–H groups in total. The van der Waals surface area contributed by atoms with Gasteiger partial charge in [0.2, 0.25) is 0 Å². The molecule has 10 atom stereocenters. The maximum atomic E-state index is 10.5. The van der Waals surface area contributed by atoms with Crippen molar-refractivity contribution in [2.75, 3.05) is 198 Å². The zero-order chi connectivity index (χ0) is 98.8.